The molecular formula is C9H10N4. The molecule has 66 valence electrons. The smallest absolute Gasteiger partial charge is 0.0936 e. The summed E-state index contributed by atoms with van der Waals surface area (Å²) >= 11 is 0. The van der Waals surface area contributed by atoms with Crippen molar-refractivity contribution in [2.24, 2.45) is 0 Å². The number of hydrogen-bond acceptors (Lipinski definition) is 3. The minimum atomic E-state index is 0.301. The van der Waals surface area contributed by atoms with Gasteiger partial charge in [-0.1, -0.05) is 0 Å². The van der Waals surface area contributed by atoms with Crippen LogP contribution in [0.4, 0.5) is 11.4 Å². The van der Waals surface area contributed by atoms with Crippen LogP contribution in [0.2, 0.25) is 0 Å². The Kier molecular flexibility index (Phi) is 1.12. The molecule has 2 aromatic rings. The zero-order valence-electron chi connectivity index (χ0n) is 7.26. The Labute approximate surface area is 75.3 Å². The summed E-state index contributed by atoms with van der Waals surface area (Å²) < 4.78 is 0. The molecule has 0 aliphatic carbocycles. The predicted octanol–water partition coefficient (Wildman–Crippen LogP) is 1.75. The first kappa shape index (κ1) is 6.77. The summed E-state index contributed by atoms with van der Waals surface area (Å²) in [4.78, 5) is 0. The zero-order chi connectivity index (χ0) is 8.84. The lowest BCUT2D eigenvalue weighted by molar-refractivity contribution is 0.956. The standard InChI is InChI=1S/C9H10N4/c1-5-11-8-3-2-7-6(4-10-13-7)9(8)12-5/h2-5,11-12H,1H3,(H,10,13). The van der Waals surface area contributed by atoms with Crippen LogP contribution in [0.5, 0.6) is 0 Å². The topological polar surface area (TPSA) is 52.7 Å². The van der Waals surface area contributed by atoms with E-state index in [9.17, 15) is 0 Å². The van der Waals surface area contributed by atoms with E-state index in [-0.39, 0.29) is 0 Å². The molecule has 3 N–H and O–H groups in total. The maximum Gasteiger partial charge on any atom is 0.0936 e. The predicted molar refractivity (Wildman–Crippen MR) is 52.8 cm³/mol. The average molecular weight is 174 g/mol. The summed E-state index contributed by atoms with van der Waals surface area (Å²) in [6.07, 6.45) is 2.15. The largest absolute Gasteiger partial charge is 0.364 e. The van der Waals surface area contributed by atoms with Gasteiger partial charge >= 0.3 is 0 Å². The lowest BCUT2D eigenvalue weighted by Gasteiger charge is -2.02. The highest BCUT2D eigenvalue weighted by Gasteiger charge is 2.17. The van der Waals surface area contributed by atoms with Crippen LogP contribution in [0.15, 0.2) is 18.3 Å². The minimum absolute atomic E-state index is 0.301. The molecule has 1 atom stereocenters. The number of hydrogen-bond donors (Lipinski definition) is 3. The van der Waals surface area contributed by atoms with Crippen molar-refractivity contribution >= 4 is 22.3 Å². The van der Waals surface area contributed by atoms with E-state index in [1.807, 2.05) is 12.3 Å². The SMILES string of the molecule is CC1Nc2ccc3[nH]ncc3c2N1. The van der Waals surface area contributed by atoms with Gasteiger partial charge in [0.2, 0.25) is 0 Å². The first-order valence-electron chi connectivity index (χ1n) is 4.34. The van der Waals surface area contributed by atoms with Crippen LogP contribution in [-0.4, -0.2) is 16.4 Å². The molecule has 0 spiro atoms. The molecule has 0 bridgehead atoms. The summed E-state index contributed by atoms with van der Waals surface area (Å²) in [7, 11) is 0. The lowest BCUT2D eigenvalue weighted by atomic mass is 10.2. The second-order valence-electron chi connectivity index (χ2n) is 3.33. The summed E-state index contributed by atoms with van der Waals surface area (Å²) in [6.45, 7) is 2.09. The molecule has 1 aliphatic rings. The van der Waals surface area contributed by atoms with Crippen molar-refractivity contribution in [2.75, 3.05) is 10.6 Å². The number of benzene rings is 1. The highest BCUT2D eigenvalue weighted by Crippen LogP contribution is 2.34. The Balaban J connectivity index is 2.34. The normalized spacial score (nSPS) is 19.6. The van der Waals surface area contributed by atoms with Crippen LogP contribution in [0.25, 0.3) is 10.9 Å². The quantitative estimate of drug-likeness (QED) is 0.570. The van der Waals surface area contributed by atoms with E-state index in [4.69, 9.17) is 0 Å². The molecule has 13 heavy (non-hydrogen) atoms. The van der Waals surface area contributed by atoms with Gasteiger partial charge in [-0.2, -0.15) is 5.10 Å². The maximum absolute atomic E-state index is 4.01. The molecule has 3 rings (SSSR count). The second kappa shape index (κ2) is 2.16. The van der Waals surface area contributed by atoms with E-state index in [1.54, 1.807) is 0 Å². The number of aromatic amines is 1. The second-order valence-corrected chi connectivity index (χ2v) is 3.33. The Hall–Kier alpha value is -1.71. The van der Waals surface area contributed by atoms with E-state index in [2.05, 4.69) is 33.8 Å². The highest BCUT2D eigenvalue weighted by molar-refractivity contribution is 5.99. The third-order valence-electron chi connectivity index (χ3n) is 2.36. The molecule has 0 amide bonds. The van der Waals surface area contributed by atoms with Crippen molar-refractivity contribution < 1.29 is 0 Å². The molecular weight excluding hydrogens is 164 g/mol. The van der Waals surface area contributed by atoms with Gasteiger partial charge in [0.05, 0.1) is 29.3 Å². The van der Waals surface area contributed by atoms with Crippen molar-refractivity contribution in [1.82, 2.24) is 10.2 Å². The molecule has 4 heteroatoms. The van der Waals surface area contributed by atoms with Gasteiger partial charge in [-0.05, 0) is 19.1 Å². The number of nitrogens with one attached hydrogen (secondary N) is 3. The third-order valence-corrected chi connectivity index (χ3v) is 2.36. The Bertz CT molecular complexity index is 460. The van der Waals surface area contributed by atoms with Gasteiger partial charge in [-0.3, -0.25) is 5.10 Å². The van der Waals surface area contributed by atoms with Gasteiger partial charge in [-0.15, -0.1) is 0 Å². The zero-order valence-corrected chi connectivity index (χ0v) is 7.26. The summed E-state index contributed by atoms with van der Waals surface area (Å²) in [5.74, 6) is 0. The molecule has 0 radical (unpaired) electrons. The number of fused-ring (bicyclic) bond motifs is 3. The van der Waals surface area contributed by atoms with Crippen molar-refractivity contribution in [3.63, 3.8) is 0 Å². The first-order valence-corrected chi connectivity index (χ1v) is 4.34. The summed E-state index contributed by atoms with van der Waals surface area (Å²) in [6, 6.07) is 4.10. The number of H-pyrrole nitrogens is 1. The van der Waals surface area contributed by atoms with Crippen LogP contribution >= 0.6 is 0 Å². The fourth-order valence-electron chi connectivity index (χ4n) is 1.78. The molecule has 0 fully saturated rings. The number of rotatable bonds is 0. The Morgan fingerprint density at radius 1 is 1.31 bits per heavy atom. The number of anilines is 2. The van der Waals surface area contributed by atoms with E-state index in [1.165, 1.54) is 0 Å². The van der Waals surface area contributed by atoms with Crippen LogP contribution in [0.1, 0.15) is 6.92 Å². The minimum Gasteiger partial charge on any atom is -0.364 e. The first-order chi connectivity index (χ1) is 6.34. The summed E-state index contributed by atoms with van der Waals surface area (Å²) in [5, 5.41) is 14.8. The average Bonchev–Trinajstić information content (AvgIpc) is 2.65. The van der Waals surface area contributed by atoms with E-state index in [0.29, 0.717) is 6.17 Å². The highest BCUT2D eigenvalue weighted by atomic mass is 15.2. The van der Waals surface area contributed by atoms with Crippen LogP contribution in [0, 0.1) is 0 Å². The van der Waals surface area contributed by atoms with Gasteiger partial charge in [-0.25, -0.2) is 0 Å². The monoisotopic (exact) mass is 174 g/mol. The van der Waals surface area contributed by atoms with Gasteiger partial charge < -0.3 is 10.6 Å². The molecule has 1 aromatic carbocycles. The van der Waals surface area contributed by atoms with Gasteiger partial charge in [0.1, 0.15) is 0 Å². The third kappa shape index (κ3) is 0.824. The Morgan fingerprint density at radius 2 is 2.23 bits per heavy atom. The summed E-state index contributed by atoms with van der Waals surface area (Å²) in [5.41, 5.74) is 3.38. The van der Waals surface area contributed by atoms with Crippen LogP contribution < -0.4 is 10.6 Å². The van der Waals surface area contributed by atoms with Crippen molar-refractivity contribution in [3.05, 3.63) is 18.3 Å². The molecule has 4 nitrogen and oxygen atoms in total. The van der Waals surface area contributed by atoms with Gasteiger partial charge in [0.25, 0.3) is 0 Å². The molecule has 0 saturated heterocycles. The van der Waals surface area contributed by atoms with Crippen molar-refractivity contribution in [3.8, 4) is 0 Å². The molecule has 1 aliphatic heterocycles. The van der Waals surface area contributed by atoms with E-state index in [0.717, 1.165) is 22.3 Å². The maximum atomic E-state index is 4.01. The van der Waals surface area contributed by atoms with Crippen LogP contribution in [0.3, 0.4) is 0 Å². The molecule has 2 heterocycles. The Morgan fingerprint density at radius 3 is 3.15 bits per heavy atom. The van der Waals surface area contributed by atoms with E-state index < -0.39 is 0 Å². The van der Waals surface area contributed by atoms with Crippen LogP contribution in [-0.2, 0) is 0 Å². The van der Waals surface area contributed by atoms with E-state index >= 15 is 0 Å². The van der Waals surface area contributed by atoms with Crippen molar-refractivity contribution in [2.45, 2.75) is 13.1 Å². The lowest BCUT2D eigenvalue weighted by Crippen LogP contribution is -2.16. The fraction of sp³-hybridized carbons (Fsp3) is 0.222. The van der Waals surface area contributed by atoms with Crippen molar-refractivity contribution in [1.29, 1.82) is 0 Å². The molecule has 1 unspecified atom stereocenters. The number of aromatic nitrogens is 2. The van der Waals surface area contributed by atoms with Gasteiger partial charge in [0, 0.05) is 5.39 Å². The molecule has 1 aromatic heterocycles. The van der Waals surface area contributed by atoms with Gasteiger partial charge in [0.15, 0.2) is 0 Å². The molecule has 0 saturated carbocycles. The fourth-order valence-corrected chi connectivity index (χ4v) is 1.78. The number of nitrogens with zero attached hydrogens (tertiary/aromatic N) is 1.